The number of rotatable bonds is 4. The molecule has 2 heterocycles. The summed E-state index contributed by atoms with van der Waals surface area (Å²) in [4.78, 5) is 10.5. The quantitative estimate of drug-likeness (QED) is 0.837. The van der Waals surface area contributed by atoms with E-state index in [2.05, 4.69) is 14.9 Å². The van der Waals surface area contributed by atoms with Crippen LogP contribution in [0.2, 0.25) is 0 Å². The second-order valence-corrected chi connectivity index (χ2v) is 4.36. The molecule has 6 nitrogen and oxygen atoms in total. The second kappa shape index (κ2) is 5.97. The average Bonchev–Trinajstić information content (AvgIpc) is 2.39. The summed E-state index contributed by atoms with van der Waals surface area (Å²) in [6.45, 7) is 6.65. The molecule has 0 saturated carbocycles. The van der Waals surface area contributed by atoms with Crippen LogP contribution in [-0.4, -0.2) is 48.4 Å². The van der Waals surface area contributed by atoms with E-state index in [0.717, 1.165) is 18.9 Å². The molecule has 0 radical (unpaired) electrons. The highest BCUT2D eigenvalue weighted by Crippen LogP contribution is 2.20. The molecule has 18 heavy (non-hydrogen) atoms. The predicted molar refractivity (Wildman–Crippen MR) is 68.8 cm³/mol. The molecule has 0 aliphatic carbocycles. The van der Waals surface area contributed by atoms with Crippen molar-refractivity contribution in [2.24, 2.45) is 5.73 Å². The van der Waals surface area contributed by atoms with Gasteiger partial charge in [0.1, 0.15) is 12.1 Å². The van der Waals surface area contributed by atoms with Crippen LogP contribution in [0.15, 0.2) is 12.4 Å². The zero-order valence-corrected chi connectivity index (χ0v) is 10.9. The fourth-order valence-corrected chi connectivity index (χ4v) is 2.09. The third kappa shape index (κ3) is 3.08. The minimum atomic E-state index is 0.0549. The molecule has 1 aromatic heterocycles. The molecule has 0 aromatic carbocycles. The molecule has 100 valence electrons. The van der Waals surface area contributed by atoms with Crippen molar-refractivity contribution in [2.45, 2.75) is 26.1 Å². The summed E-state index contributed by atoms with van der Waals surface area (Å²) in [5.74, 6) is 1.47. The van der Waals surface area contributed by atoms with Gasteiger partial charge in [0.05, 0.1) is 18.8 Å². The average molecular weight is 252 g/mol. The number of nitrogens with zero attached hydrogens (tertiary/aromatic N) is 3. The molecule has 0 spiro atoms. The number of hydrogen-bond donors (Lipinski definition) is 1. The Labute approximate surface area is 107 Å². The molecular formula is C12H20N4O2. The molecule has 1 aliphatic heterocycles. The van der Waals surface area contributed by atoms with Crippen LogP contribution in [0.25, 0.3) is 0 Å². The number of morpholine rings is 1. The Morgan fingerprint density at radius 2 is 2.33 bits per heavy atom. The van der Waals surface area contributed by atoms with Crippen molar-refractivity contribution in [2.75, 3.05) is 31.1 Å². The van der Waals surface area contributed by atoms with Crippen LogP contribution < -0.4 is 15.4 Å². The Balaban J connectivity index is 2.11. The van der Waals surface area contributed by atoms with Crippen molar-refractivity contribution in [3.8, 4) is 5.88 Å². The standard InChI is InChI=1S/C12H20N4O2/c1-3-17-12-4-11(14-8-15-12)16-6-9(2)18-10(5-13)7-16/h4,8-10H,3,5-7,13H2,1-2H3. The minimum Gasteiger partial charge on any atom is -0.478 e. The Bertz CT molecular complexity index is 388. The molecular weight excluding hydrogens is 232 g/mol. The van der Waals surface area contributed by atoms with E-state index in [1.54, 1.807) is 0 Å². The van der Waals surface area contributed by atoms with Gasteiger partial charge in [-0.05, 0) is 13.8 Å². The largest absolute Gasteiger partial charge is 0.478 e. The molecule has 0 amide bonds. The summed E-state index contributed by atoms with van der Waals surface area (Å²) >= 11 is 0. The summed E-state index contributed by atoms with van der Waals surface area (Å²) in [5.41, 5.74) is 5.67. The predicted octanol–water partition coefficient (Wildman–Crippen LogP) is 0.428. The van der Waals surface area contributed by atoms with E-state index in [9.17, 15) is 0 Å². The lowest BCUT2D eigenvalue weighted by Gasteiger charge is -2.37. The monoisotopic (exact) mass is 252 g/mol. The maximum absolute atomic E-state index is 5.72. The Morgan fingerprint density at radius 3 is 3.06 bits per heavy atom. The topological polar surface area (TPSA) is 73.5 Å². The maximum Gasteiger partial charge on any atom is 0.218 e. The number of nitrogens with two attached hydrogens (primary N) is 1. The van der Waals surface area contributed by atoms with Crippen LogP contribution in [-0.2, 0) is 4.74 Å². The van der Waals surface area contributed by atoms with Gasteiger partial charge in [-0.15, -0.1) is 0 Å². The van der Waals surface area contributed by atoms with Crippen LogP contribution in [0.3, 0.4) is 0 Å². The molecule has 1 aromatic rings. The van der Waals surface area contributed by atoms with E-state index >= 15 is 0 Å². The van der Waals surface area contributed by atoms with E-state index in [4.69, 9.17) is 15.2 Å². The molecule has 2 unspecified atom stereocenters. The summed E-state index contributed by atoms with van der Waals surface area (Å²) in [6, 6.07) is 1.86. The Hall–Kier alpha value is -1.40. The van der Waals surface area contributed by atoms with Crippen LogP contribution in [0.4, 0.5) is 5.82 Å². The zero-order valence-electron chi connectivity index (χ0n) is 10.9. The lowest BCUT2D eigenvalue weighted by Crippen LogP contribution is -2.49. The van der Waals surface area contributed by atoms with Gasteiger partial charge in [-0.25, -0.2) is 9.97 Å². The SMILES string of the molecule is CCOc1cc(N2CC(C)OC(CN)C2)ncn1. The van der Waals surface area contributed by atoms with Crippen LogP contribution in [0.1, 0.15) is 13.8 Å². The zero-order chi connectivity index (χ0) is 13.0. The molecule has 6 heteroatoms. The molecule has 1 aliphatic rings. The van der Waals surface area contributed by atoms with E-state index in [1.165, 1.54) is 6.33 Å². The number of hydrogen-bond acceptors (Lipinski definition) is 6. The van der Waals surface area contributed by atoms with Gasteiger partial charge < -0.3 is 20.1 Å². The van der Waals surface area contributed by atoms with Gasteiger partial charge in [-0.2, -0.15) is 0 Å². The van der Waals surface area contributed by atoms with Crippen molar-refractivity contribution >= 4 is 5.82 Å². The van der Waals surface area contributed by atoms with Crippen molar-refractivity contribution in [1.82, 2.24) is 9.97 Å². The van der Waals surface area contributed by atoms with Crippen molar-refractivity contribution in [1.29, 1.82) is 0 Å². The lowest BCUT2D eigenvalue weighted by molar-refractivity contribution is -0.0107. The first-order valence-corrected chi connectivity index (χ1v) is 6.28. The maximum atomic E-state index is 5.72. The normalized spacial score (nSPS) is 24.1. The van der Waals surface area contributed by atoms with Gasteiger partial charge in [-0.1, -0.05) is 0 Å². The highest BCUT2D eigenvalue weighted by molar-refractivity contribution is 5.41. The van der Waals surface area contributed by atoms with Crippen LogP contribution >= 0.6 is 0 Å². The van der Waals surface area contributed by atoms with Gasteiger partial charge in [0.25, 0.3) is 0 Å². The highest BCUT2D eigenvalue weighted by atomic mass is 16.5. The highest BCUT2D eigenvalue weighted by Gasteiger charge is 2.25. The first-order valence-electron chi connectivity index (χ1n) is 6.28. The summed E-state index contributed by atoms with van der Waals surface area (Å²) in [6.07, 6.45) is 1.73. The van der Waals surface area contributed by atoms with E-state index in [0.29, 0.717) is 19.0 Å². The third-order valence-electron chi connectivity index (χ3n) is 2.83. The van der Waals surface area contributed by atoms with E-state index < -0.39 is 0 Å². The van der Waals surface area contributed by atoms with Crippen molar-refractivity contribution in [3.05, 3.63) is 12.4 Å². The number of aromatic nitrogens is 2. The van der Waals surface area contributed by atoms with Crippen molar-refractivity contribution in [3.63, 3.8) is 0 Å². The third-order valence-corrected chi connectivity index (χ3v) is 2.83. The van der Waals surface area contributed by atoms with Gasteiger partial charge >= 0.3 is 0 Å². The lowest BCUT2D eigenvalue weighted by atomic mass is 10.2. The van der Waals surface area contributed by atoms with E-state index in [-0.39, 0.29) is 12.2 Å². The van der Waals surface area contributed by atoms with Crippen LogP contribution in [0.5, 0.6) is 5.88 Å². The van der Waals surface area contributed by atoms with Crippen LogP contribution in [0, 0.1) is 0 Å². The Morgan fingerprint density at radius 1 is 1.50 bits per heavy atom. The summed E-state index contributed by atoms with van der Waals surface area (Å²) < 4.78 is 11.1. The van der Waals surface area contributed by atoms with Gasteiger partial charge in [0.2, 0.25) is 5.88 Å². The molecule has 2 atom stereocenters. The summed E-state index contributed by atoms with van der Waals surface area (Å²) in [5, 5.41) is 0. The van der Waals surface area contributed by atoms with Gasteiger partial charge in [0, 0.05) is 25.7 Å². The fourth-order valence-electron chi connectivity index (χ4n) is 2.09. The number of ether oxygens (including phenoxy) is 2. The first-order chi connectivity index (χ1) is 8.72. The minimum absolute atomic E-state index is 0.0549. The molecule has 2 rings (SSSR count). The van der Waals surface area contributed by atoms with Gasteiger partial charge in [0.15, 0.2) is 0 Å². The number of anilines is 1. The van der Waals surface area contributed by atoms with Crippen molar-refractivity contribution < 1.29 is 9.47 Å². The summed E-state index contributed by atoms with van der Waals surface area (Å²) in [7, 11) is 0. The van der Waals surface area contributed by atoms with E-state index in [1.807, 2.05) is 19.9 Å². The smallest absolute Gasteiger partial charge is 0.218 e. The Kier molecular flexibility index (Phi) is 4.33. The molecule has 2 N–H and O–H groups in total. The fraction of sp³-hybridized carbons (Fsp3) is 0.667. The van der Waals surface area contributed by atoms with Gasteiger partial charge in [-0.3, -0.25) is 0 Å². The first kappa shape index (κ1) is 13.0. The molecule has 1 saturated heterocycles. The molecule has 1 fully saturated rings. The molecule has 0 bridgehead atoms. The second-order valence-electron chi connectivity index (χ2n) is 4.36.